The molecule has 0 unspecified atom stereocenters. The van der Waals surface area contributed by atoms with Gasteiger partial charge in [-0.2, -0.15) is 0 Å². The van der Waals surface area contributed by atoms with Gasteiger partial charge in [0.2, 0.25) is 5.91 Å². The van der Waals surface area contributed by atoms with E-state index in [0.717, 1.165) is 16.9 Å². The average molecular weight is 390 g/mol. The standard InChI is InChI=1S/C21H18N4O2S/c1-14-6-8-15(9-7-14)23-19(26)10-20-24-16(12-28-20)11-25-13-22-18-5-3-2-4-17(18)21(25)27/h2-9,12-13H,10-11H2,1H3,(H,23,26). The summed E-state index contributed by atoms with van der Waals surface area (Å²) >= 11 is 1.41. The number of nitrogens with one attached hydrogen (secondary N) is 1. The van der Waals surface area contributed by atoms with Crippen molar-refractivity contribution in [3.63, 3.8) is 0 Å². The summed E-state index contributed by atoms with van der Waals surface area (Å²) in [5, 5.41) is 6.03. The van der Waals surface area contributed by atoms with Crippen molar-refractivity contribution >= 4 is 33.8 Å². The third kappa shape index (κ3) is 3.99. The van der Waals surface area contributed by atoms with Gasteiger partial charge in [0.05, 0.1) is 35.9 Å². The van der Waals surface area contributed by atoms with Gasteiger partial charge in [-0.1, -0.05) is 29.8 Å². The summed E-state index contributed by atoms with van der Waals surface area (Å²) < 4.78 is 1.54. The second-order valence-electron chi connectivity index (χ2n) is 6.52. The minimum Gasteiger partial charge on any atom is -0.326 e. The average Bonchev–Trinajstić information content (AvgIpc) is 3.13. The lowest BCUT2D eigenvalue weighted by atomic mass is 10.2. The third-order valence-electron chi connectivity index (χ3n) is 4.31. The molecule has 0 aliphatic rings. The molecule has 0 spiro atoms. The zero-order chi connectivity index (χ0) is 19.5. The smallest absolute Gasteiger partial charge is 0.261 e. The maximum atomic E-state index is 12.6. The number of benzene rings is 2. The molecule has 0 aliphatic heterocycles. The van der Waals surface area contributed by atoms with E-state index in [-0.39, 0.29) is 17.9 Å². The Labute approximate surface area is 165 Å². The Morgan fingerprint density at radius 3 is 2.75 bits per heavy atom. The summed E-state index contributed by atoms with van der Waals surface area (Å²) in [7, 11) is 0. The Bertz CT molecular complexity index is 1190. The van der Waals surface area contributed by atoms with Crippen LogP contribution in [0.1, 0.15) is 16.3 Å². The van der Waals surface area contributed by atoms with Gasteiger partial charge in [-0.3, -0.25) is 14.2 Å². The summed E-state index contributed by atoms with van der Waals surface area (Å²) in [4.78, 5) is 33.6. The van der Waals surface area contributed by atoms with Gasteiger partial charge in [-0.15, -0.1) is 11.3 Å². The van der Waals surface area contributed by atoms with Crippen molar-refractivity contribution in [3.05, 3.63) is 86.9 Å². The normalized spacial score (nSPS) is 10.9. The van der Waals surface area contributed by atoms with Crippen LogP contribution < -0.4 is 10.9 Å². The van der Waals surface area contributed by atoms with Gasteiger partial charge in [-0.25, -0.2) is 9.97 Å². The van der Waals surface area contributed by atoms with Gasteiger partial charge in [0.15, 0.2) is 0 Å². The Hall–Kier alpha value is -3.32. The fourth-order valence-corrected chi connectivity index (χ4v) is 3.66. The van der Waals surface area contributed by atoms with Crippen LogP contribution in [0.3, 0.4) is 0 Å². The fourth-order valence-electron chi connectivity index (χ4n) is 2.88. The van der Waals surface area contributed by atoms with Gasteiger partial charge < -0.3 is 5.32 Å². The molecule has 0 fully saturated rings. The van der Waals surface area contributed by atoms with Crippen molar-refractivity contribution in [2.75, 3.05) is 5.32 Å². The van der Waals surface area contributed by atoms with Crippen LogP contribution in [-0.4, -0.2) is 20.4 Å². The number of rotatable bonds is 5. The number of fused-ring (bicyclic) bond motifs is 1. The highest BCUT2D eigenvalue weighted by atomic mass is 32.1. The molecule has 0 saturated carbocycles. The topological polar surface area (TPSA) is 76.9 Å². The quantitative estimate of drug-likeness (QED) is 0.567. The molecule has 2 aromatic carbocycles. The number of nitrogens with zero attached hydrogens (tertiary/aromatic N) is 3. The lowest BCUT2D eigenvalue weighted by Gasteiger charge is -2.05. The Morgan fingerprint density at radius 2 is 1.93 bits per heavy atom. The van der Waals surface area contributed by atoms with E-state index < -0.39 is 0 Å². The highest BCUT2D eigenvalue weighted by Crippen LogP contribution is 2.14. The molecule has 28 heavy (non-hydrogen) atoms. The van der Waals surface area contributed by atoms with E-state index in [9.17, 15) is 9.59 Å². The van der Waals surface area contributed by atoms with Crippen molar-refractivity contribution in [1.82, 2.24) is 14.5 Å². The third-order valence-corrected chi connectivity index (χ3v) is 5.21. The van der Waals surface area contributed by atoms with Crippen LogP contribution in [0.4, 0.5) is 5.69 Å². The molecule has 4 aromatic rings. The van der Waals surface area contributed by atoms with Gasteiger partial charge in [0.25, 0.3) is 5.56 Å². The molecular formula is C21H18N4O2S. The first-order valence-electron chi connectivity index (χ1n) is 8.82. The first-order valence-corrected chi connectivity index (χ1v) is 9.70. The van der Waals surface area contributed by atoms with E-state index in [0.29, 0.717) is 22.5 Å². The van der Waals surface area contributed by atoms with Crippen LogP contribution in [0.15, 0.2) is 65.0 Å². The maximum Gasteiger partial charge on any atom is 0.261 e. The first kappa shape index (κ1) is 18.1. The largest absolute Gasteiger partial charge is 0.326 e. The summed E-state index contributed by atoms with van der Waals surface area (Å²) in [6.45, 7) is 2.33. The van der Waals surface area contributed by atoms with E-state index in [1.165, 1.54) is 22.2 Å². The lowest BCUT2D eigenvalue weighted by Crippen LogP contribution is -2.21. The van der Waals surface area contributed by atoms with E-state index in [4.69, 9.17) is 0 Å². The zero-order valence-electron chi connectivity index (χ0n) is 15.3. The second kappa shape index (κ2) is 7.74. The van der Waals surface area contributed by atoms with Crippen molar-refractivity contribution in [3.8, 4) is 0 Å². The van der Waals surface area contributed by atoms with E-state index in [1.807, 2.05) is 54.8 Å². The van der Waals surface area contributed by atoms with Gasteiger partial charge in [0, 0.05) is 11.1 Å². The van der Waals surface area contributed by atoms with Gasteiger partial charge >= 0.3 is 0 Å². The molecule has 2 heterocycles. The fraction of sp³-hybridized carbons (Fsp3) is 0.143. The number of aryl methyl sites for hydroxylation is 1. The number of amides is 1. The SMILES string of the molecule is Cc1ccc(NC(=O)Cc2nc(Cn3cnc4ccccc4c3=O)cs2)cc1. The molecule has 0 aliphatic carbocycles. The van der Waals surface area contributed by atoms with Crippen LogP contribution in [0.2, 0.25) is 0 Å². The number of aromatic nitrogens is 3. The highest BCUT2D eigenvalue weighted by molar-refractivity contribution is 7.09. The molecule has 7 heteroatoms. The lowest BCUT2D eigenvalue weighted by molar-refractivity contribution is -0.115. The summed E-state index contributed by atoms with van der Waals surface area (Å²) in [6, 6.07) is 14.9. The summed E-state index contributed by atoms with van der Waals surface area (Å²) in [5.74, 6) is -0.116. The monoisotopic (exact) mass is 390 g/mol. The zero-order valence-corrected chi connectivity index (χ0v) is 16.1. The van der Waals surface area contributed by atoms with Crippen molar-refractivity contribution in [1.29, 1.82) is 0 Å². The molecule has 2 aromatic heterocycles. The second-order valence-corrected chi connectivity index (χ2v) is 7.46. The minimum atomic E-state index is -0.116. The summed E-state index contributed by atoms with van der Waals surface area (Å²) in [5.41, 5.74) is 3.22. The molecule has 0 radical (unpaired) electrons. The number of thiazole rings is 1. The van der Waals surface area contributed by atoms with Crippen LogP contribution in [0.5, 0.6) is 0 Å². The first-order chi connectivity index (χ1) is 13.6. The van der Waals surface area contributed by atoms with Crippen LogP contribution in [0, 0.1) is 6.92 Å². The van der Waals surface area contributed by atoms with Crippen molar-refractivity contribution in [2.45, 2.75) is 19.9 Å². The van der Waals surface area contributed by atoms with Gasteiger partial charge in [-0.05, 0) is 31.2 Å². The van der Waals surface area contributed by atoms with Crippen LogP contribution in [-0.2, 0) is 17.8 Å². The van der Waals surface area contributed by atoms with Crippen LogP contribution in [0.25, 0.3) is 10.9 Å². The summed E-state index contributed by atoms with van der Waals surface area (Å²) in [6.07, 6.45) is 1.73. The number of para-hydroxylation sites is 1. The molecule has 1 amide bonds. The minimum absolute atomic E-state index is 0.0998. The van der Waals surface area contributed by atoms with E-state index >= 15 is 0 Å². The molecule has 0 atom stereocenters. The number of anilines is 1. The number of hydrogen-bond acceptors (Lipinski definition) is 5. The van der Waals surface area contributed by atoms with E-state index in [2.05, 4.69) is 15.3 Å². The predicted octanol–water partition coefficient (Wildman–Crippen LogP) is 3.39. The van der Waals surface area contributed by atoms with Gasteiger partial charge in [0.1, 0.15) is 5.01 Å². The van der Waals surface area contributed by atoms with Crippen LogP contribution >= 0.6 is 11.3 Å². The molecule has 1 N–H and O–H groups in total. The van der Waals surface area contributed by atoms with Crippen molar-refractivity contribution in [2.24, 2.45) is 0 Å². The Balaban J connectivity index is 1.44. The van der Waals surface area contributed by atoms with E-state index in [1.54, 1.807) is 6.07 Å². The molecular weight excluding hydrogens is 372 g/mol. The predicted molar refractivity (Wildman–Crippen MR) is 111 cm³/mol. The number of hydrogen-bond donors (Lipinski definition) is 1. The molecule has 4 rings (SSSR count). The molecule has 6 nitrogen and oxygen atoms in total. The molecule has 0 saturated heterocycles. The maximum absolute atomic E-state index is 12.6. The molecule has 0 bridgehead atoms. The number of carbonyl (C=O) groups excluding carboxylic acids is 1. The van der Waals surface area contributed by atoms with Crippen molar-refractivity contribution < 1.29 is 4.79 Å². The number of carbonyl (C=O) groups is 1. The Morgan fingerprint density at radius 1 is 1.14 bits per heavy atom. The Kier molecular flexibility index (Phi) is 4.99. The molecule has 140 valence electrons. The highest BCUT2D eigenvalue weighted by Gasteiger charge is 2.10.